The molecular weight excluding hydrogens is 446 g/mol. The average molecular weight is 480 g/mol. The summed E-state index contributed by atoms with van der Waals surface area (Å²) in [5.41, 5.74) is -0.348. The van der Waals surface area contributed by atoms with Crippen LogP contribution in [0.25, 0.3) is 0 Å². The molecule has 0 unspecified atom stereocenters. The number of aliphatic hydroxyl groups is 2. The number of aromatic nitrogens is 1. The fraction of sp³-hybridized carbons (Fsp3) is 0.652. The highest BCUT2D eigenvalue weighted by molar-refractivity contribution is 7.88. The number of likely N-dealkylation sites (N-methyl/N-ethyl adjacent to an activating group) is 1. The second kappa shape index (κ2) is 9.97. The number of carbonyl (C=O) groups is 1. The Balaban J connectivity index is 1.99. The van der Waals surface area contributed by atoms with Gasteiger partial charge < -0.3 is 19.8 Å². The van der Waals surface area contributed by atoms with Crippen LogP contribution in [-0.4, -0.2) is 89.5 Å². The fourth-order valence-electron chi connectivity index (χ4n) is 4.05. The minimum Gasteiger partial charge on any atom is -0.472 e. The van der Waals surface area contributed by atoms with Gasteiger partial charge in [-0.2, -0.15) is 0 Å². The highest BCUT2D eigenvalue weighted by Crippen LogP contribution is 2.30. The highest BCUT2D eigenvalue weighted by atomic mass is 32.2. The van der Waals surface area contributed by atoms with Gasteiger partial charge in [0.1, 0.15) is 17.3 Å². The number of rotatable bonds is 5. The molecule has 0 radical (unpaired) electrons. The largest absolute Gasteiger partial charge is 0.472 e. The Labute approximate surface area is 195 Å². The van der Waals surface area contributed by atoms with Gasteiger partial charge in [0, 0.05) is 31.3 Å². The maximum atomic E-state index is 13.4. The van der Waals surface area contributed by atoms with E-state index < -0.39 is 27.8 Å². The molecule has 2 N–H and O–H groups in total. The molecule has 3 atom stereocenters. The van der Waals surface area contributed by atoms with Crippen molar-refractivity contribution >= 4 is 15.9 Å². The number of ether oxygens (including phenoxy) is 1. The summed E-state index contributed by atoms with van der Waals surface area (Å²) < 4.78 is 31.2. The van der Waals surface area contributed by atoms with Gasteiger partial charge in [-0.15, -0.1) is 0 Å². The zero-order valence-corrected chi connectivity index (χ0v) is 20.4. The second-order valence-electron chi connectivity index (χ2n) is 9.23. The van der Waals surface area contributed by atoms with E-state index >= 15 is 0 Å². The van der Waals surface area contributed by atoms with E-state index in [-0.39, 0.29) is 43.0 Å². The number of nitrogens with zero attached hydrogens (tertiary/aromatic N) is 3. The van der Waals surface area contributed by atoms with Crippen LogP contribution in [0.1, 0.15) is 55.5 Å². The van der Waals surface area contributed by atoms with Gasteiger partial charge in [-0.05, 0) is 38.7 Å². The lowest BCUT2D eigenvalue weighted by atomic mass is 10.00. The number of hydrogen-bond donors (Lipinski definition) is 2. The lowest BCUT2D eigenvalue weighted by Gasteiger charge is -2.37. The van der Waals surface area contributed by atoms with Crippen molar-refractivity contribution in [2.45, 2.75) is 57.3 Å². The van der Waals surface area contributed by atoms with Crippen molar-refractivity contribution in [3.8, 4) is 17.7 Å². The normalized spacial score (nSPS) is 23.7. The molecule has 2 heterocycles. The number of aliphatic hydroxyl groups excluding tert-OH is 1. The summed E-state index contributed by atoms with van der Waals surface area (Å²) in [6.07, 6.45) is 5.14. The molecule has 0 saturated heterocycles. The zero-order chi connectivity index (χ0) is 24.4. The standard InChI is InChI=1S/C23H33N3O6S/c1-16-13-26(17(2)15-27)22(28)19-11-18(7-10-23(29)8-5-6-9-23)12-24-21(19)32-20(16)14-25(3)33(4,30)31/h11-12,16-17,20,27,29H,5-6,8-9,13-15H2,1-4H3/t16-,17-,20+/m1/s1. The Morgan fingerprint density at radius 2 is 2.06 bits per heavy atom. The summed E-state index contributed by atoms with van der Waals surface area (Å²) in [4.78, 5) is 19.3. The molecule has 3 rings (SSSR count). The van der Waals surface area contributed by atoms with Crippen LogP contribution in [-0.2, 0) is 10.0 Å². The van der Waals surface area contributed by atoms with Crippen LogP contribution < -0.4 is 4.74 Å². The number of hydrogen-bond acceptors (Lipinski definition) is 7. The molecule has 33 heavy (non-hydrogen) atoms. The van der Waals surface area contributed by atoms with E-state index in [1.807, 2.05) is 6.92 Å². The van der Waals surface area contributed by atoms with E-state index in [9.17, 15) is 23.4 Å². The van der Waals surface area contributed by atoms with Crippen LogP contribution in [0.5, 0.6) is 5.88 Å². The molecule has 10 heteroatoms. The van der Waals surface area contributed by atoms with Crippen LogP contribution in [0.2, 0.25) is 0 Å². The third-order valence-corrected chi connectivity index (χ3v) is 7.68. The Kier molecular flexibility index (Phi) is 7.69. The summed E-state index contributed by atoms with van der Waals surface area (Å²) in [7, 11) is -1.95. The van der Waals surface area contributed by atoms with Crippen molar-refractivity contribution in [2.24, 2.45) is 5.92 Å². The van der Waals surface area contributed by atoms with Gasteiger partial charge >= 0.3 is 0 Å². The van der Waals surface area contributed by atoms with Gasteiger partial charge in [0.25, 0.3) is 5.91 Å². The maximum absolute atomic E-state index is 13.4. The van der Waals surface area contributed by atoms with Crippen molar-refractivity contribution in [1.29, 1.82) is 0 Å². The number of sulfonamides is 1. The zero-order valence-electron chi connectivity index (χ0n) is 19.6. The monoisotopic (exact) mass is 479 g/mol. The number of pyridine rings is 1. The number of amides is 1. The van der Waals surface area contributed by atoms with Gasteiger partial charge in [0.15, 0.2) is 0 Å². The van der Waals surface area contributed by atoms with Crippen molar-refractivity contribution in [3.63, 3.8) is 0 Å². The van der Waals surface area contributed by atoms with E-state index in [1.165, 1.54) is 17.5 Å². The fourth-order valence-corrected chi connectivity index (χ4v) is 4.47. The van der Waals surface area contributed by atoms with Crippen molar-refractivity contribution in [3.05, 3.63) is 23.4 Å². The second-order valence-corrected chi connectivity index (χ2v) is 11.3. The molecule has 2 aliphatic rings. The lowest BCUT2D eigenvalue weighted by molar-refractivity contribution is 0.0373. The molecule has 9 nitrogen and oxygen atoms in total. The molecule has 1 fully saturated rings. The number of fused-ring (bicyclic) bond motifs is 1. The van der Waals surface area contributed by atoms with Crippen LogP contribution in [0.4, 0.5) is 0 Å². The Bertz CT molecular complexity index is 1040. The van der Waals surface area contributed by atoms with E-state index in [0.717, 1.165) is 19.1 Å². The Morgan fingerprint density at radius 3 is 2.67 bits per heavy atom. The smallest absolute Gasteiger partial charge is 0.259 e. The Hall–Kier alpha value is -2.19. The van der Waals surface area contributed by atoms with Gasteiger partial charge in [-0.25, -0.2) is 17.7 Å². The molecular formula is C23H33N3O6S. The first-order chi connectivity index (χ1) is 15.4. The average Bonchev–Trinajstić information content (AvgIpc) is 3.20. The molecule has 0 spiro atoms. The van der Waals surface area contributed by atoms with Crippen molar-refractivity contribution in [2.75, 3.05) is 33.0 Å². The Morgan fingerprint density at radius 1 is 1.39 bits per heavy atom. The first-order valence-corrected chi connectivity index (χ1v) is 13.0. The molecule has 1 aliphatic carbocycles. The van der Waals surface area contributed by atoms with E-state index in [2.05, 4.69) is 16.8 Å². The molecule has 0 aromatic carbocycles. The van der Waals surface area contributed by atoms with Crippen LogP contribution in [0, 0.1) is 17.8 Å². The van der Waals surface area contributed by atoms with E-state index in [4.69, 9.17) is 4.74 Å². The van der Waals surface area contributed by atoms with Crippen LogP contribution in [0.15, 0.2) is 12.3 Å². The highest BCUT2D eigenvalue weighted by Gasteiger charge is 2.35. The van der Waals surface area contributed by atoms with Crippen molar-refractivity contribution in [1.82, 2.24) is 14.2 Å². The van der Waals surface area contributed by atoms with Gasteiger partial charge in [0.2, 0.25) is 15.9 Å². The number of carbonyl (C=O) groups excluding carboxylic acids is 1. The molecule has 1 aromatic heterocycles. The molecule has 1 amide bonds. The molecule has 0 bridgehead atoms. The minimum absolute atomic E-state index is 0.0885. The summed E-state index contributed by atoms with van der Waals surface area (Å²) in [6.45, 7) is 3.76. The first kappa shape index (κ1) is 25.4. The first-order valence-electron chi connectivity index (χ1n) is 11.2. The van der Waals surface area contributed by atoms with E-state index in [1.54, 1.807) is 17.9 Å². The third kappa shape index (κ3) is 6.03. The van der Waals surface area contributed by atoms with Crippen LogP contribution in [0.3, 0.4) is 0 Å². The lowest BCUT2D eigenvalue weighted by Crippen LogP contribution is -2.50. The van der Waals surface area contributed by atoms with Crippen LogP contribution >= 0.6 is 0 Å². The summed E-state index contributed by atoms with van der Waals surface area (Å²) >= 11 is 0. The molecule has 1 aliphatic heterocycles. The van der Waals surface area contributed by atoms with Gasteiger partial charge in [-0.3, -0.25) is 4.79 Å². The van der Waals surface area contributed by atoms with Gasteiger partial charge in [0.05, 0.1) is 25.4 Å². The predicted molar refractivity (Wildman–Crippen MR) is 123 cm³/mol. The molecule has 182 valence electrons. The molecule has 1 saturated carbocycles. The summed E-state index contributed by atoms with van der Waals surface area (Å²) in [5, 5.41) is 20.2. The SMILES string of the molecule is C[C@@H]1CN([C@H](C)CO)C(=O)c2cc(C#CC3(O)CCCC3)cnc2O[C@H]1CN(C)S(C)(=O)=O. The third-order valence-electron chi connectivity index (χ3n) is 6.39. The maximum Gasteiger partial charge on any atom is 0.259 e. The summed E-state index contributed by atoms with van der Waals surface area (Å²) in [5.74, 6) is 5.38. The summed E-state index contributed by atoms with van der Waals surface area (Å²) in [6, 6.07) is 1.13. The quantitative estimate of drug-likeness (QED) is 0.601. The predicted octanol–water partition coefficient (Wildman–Crippen LogP) is 0.850. The van der Waals surface area contributed by atoms with Crippen molar-refractivity contribution < 1.29 is 28.2 Å². The molecule has 1 aromatic rings. The topological polar surface area (TPSA) is 120 Å². The minimum atomic E-state index is -3.43. The van der Waals surface area contributed by atoms with Gasteiger partial charge in [-0.1, -0.05) is 18.8 Å². The van der Waals surface area contributed by atoms with E-state index in [0.29, 0.717) is 18.4 Å².